The number of piperidine rings is 1. The molecule has 1 aliphatic carbocycles. The van der Waals surface area contributed by atoms with Gasteiger partial charge in [-0.05, 0) is 68.5 Å². The number of hydrogen-bond acceptors (Lipinski definition) is 2. The van der Waals surface area contributed by atoms with E-state index in [9.17, 15) is 0 Å². The molecule has 0 amide bonds. The van der Waals surface area contributed by atoms with Gasteiger partial charge in [0.05, 0.1) is 0 Å². The molecule has 0 radical (unpaired) electrons. The first-order valence-electron chi connectivity index (χ1n) is 9.38. The molecule has 1 heterocycles. The Morgan fingerprint density at radius 2 is 1.71 bits per heavy atom. The molecule has 1 aliphatic heterocycles. The van der Waals surface area contributed by atoms with E-state index in [-0.39, 0.29) is 0 Å². The average Bonchev–Trinajstić information content (AvgIpc) is 2.87. The van der Waals surface area contributed by atoms with Gasteiger partial charge in [0.15, 0.2) is 0 Å². The highest BCUT2D eigenvalue weighted by molar-refractivity contribution is 4.91. The molecule has 0 aromatic heterocycles. The Kier molecular flexibility index (Phi) is 6.14. The molecule has 0 spiro atoms. The second-order valence-electron chi connectivity index (χ2n) is 8.80. The molecule has 1 saturated heterocycles. The van der Waals surface area contributed by atoms with E-state index in [4.69, 9.17) is 0 Å². The molecule has 0 aromatic rings. The number of hydrogen-bond donors (Lipinski definition) is 1. The fourth-order valence-electron chi connectivity index (χ4n) is 4.48. The molecule has 0 atom stereocenters. The zero-order valence-electron chi connectivity index (χ0n) is 15.0. The van der Waals surface area contributed by atoms with Crippen LogP contribution in [0.15, 0.2) is 0 Å². The maximum atomic E-state index is 3.71. The van der Waals surface area contributed by atoms with Crippen LogP contribution in [0.1, 0.15) is 72.6 Å². The standard InChI is InChI=1S/C19H38N2/c1-5-12-20-15-19(10-6-7-11-19)16-21-13-8-17(9-14-21)18(2,3)4/h17,20H,5-16H2,1-4H3. The van der Waals surface area contributed by atoms with Crippen LogP contribution < -0.4 is 5.32 Å². The van der Waals surface area contributed by atoms with Gasteiger partial charge in [-0.25, -0.2) is 0 Å². The molecule has 0 unspecified atom stereocenters. The van der Waals surface area contributed by atoms with Crippen molar-refractivity contribution in [2.75, 3.05) is 32.7 Å². The average molecular weight is 295 g/mol. The molecule has 2 fully saturated rings. The van der Waals surface area contributed by atoms with Gasteiger partial charge < -0.3 is 10.2 Å². The molecular formula is C19H38N2. The minimum Gasteiger partial charge on any atom is -0.316 e. The summed E-state index contributed by atoms with van der Waals surface area (Å²) in [5, 5.41) is 3.71. The van der Waals surface area contributed by atoms with Crippen LogP contribution in [0.3, 0.4) is 0 Å². The summed E-state index contributed by atoms with van der Waals surface area (Å²) < 4.78 is 0. The lowest BCUT2D eigenvalue weighted by atomic mass is 9.75. The maximum absolute atomic E-state index is 3.71. The summed E-state index contributed by atoms with van der Waals surface area (Å²) in [6, 6.07) is 0. The van der Waals surface area contributed by atoms with Crippen molar-refractivity contribution < 1.29 is 0 Å². The normalized spacial score (nSPS) is 24.6. The Balaban J connectivity index is 1.82. The van der Waals surface area contributed by atoms with Crippen molar-refractivity contribution in [2.45, 2.75) is 72.6 Å². The Bertz CT molecular complexity index is 291. The molecule has 21 heavy (non-hydrogen) atoms. The van der Waals surface area contributed by atoms with Gasteiger partial charge in [-0.2, -0.15) is 0 Å². The Hall–Kier alpha value is -0.0800. The third-order valence-corrected chi connectivity index (χ3v) is 5.96. The molecule has 0 bridgehead atoms. The van der Waals surface area contributed by atoms with Crippen LogP contribution in [0.4, 0.5) is 0 Å². The van der Waals surface area contributed by atoms with Crippen molar-refractivity contribution in [1.82, 2.24) is 10.2 Å². The van der Waals surface area contributed by atoms with Gasteiger partial charge in [0.25, 0.3) is 0 Å². The summed E-state index contributed by atoms with van der Waals surface area (Å²) in [4.78, 5) is 2.78. The van der Waals surface area contributed by atoms with E-state index >= 15 is 0 Å². The Morgan fingerprint density at radius 1 is 1.10 bits per heavy atom. The van der Waals surface area contributed by atoms with Crippen molar-refractivity contribution >= 4 is 0 Å². The van der Waals surface area contributed by atoms with Crippen LogP contribution in [0.5, 0.6) is 0 Å². The van der Waals surface area contributed by atoms with Crippen LogP contribution in [-0.2, 0) is 0 Å². The molecule has 0 aromatic carbocycles. The minimum atomic E-state index is 0.500. The predicted octanol–water partition coefficient (Wildman–Crippen LogP) is 4.30. The number of nitrogens with zero attached hydrogens (tertiary/aromatic N) is 1. The lowest BCUT2D eigenvalue weighted by Crippen LogP contribution is -2.46. The first kappa shape index (κ1) is 17.3. The van der Waals surface area contributed by atoms with Crippen LogP contribution in [0, 0.1) is 16.7 Å². The molecular weight excluding hydrogens is 256 g/mol. The van der Waals surface area contributed by atoms with Crippen molar-refractivity contribution in [3.63, 3.8) is 0 Å². The van der Waals surface area contributed by atoms with Gasteiger partial charge in [-0.15, -0.1) is 0 Å². The van der Waals surface area contributed by atoms with Crippen LogP contribution >= 0.6 is 0 Å². The number of nitrogens with one attached hydrogen (secondary N) is 1. The van der Waals surface area contributed by atoms with Crippen molar-refractivity contribution in [2.24, 2.45) is 16.7 Å². The van der Waals surface area contributed by atoms with E-state index in [1.54, 1.807) is 0 Å². The number of rotatable bonds is 6. The zero-order chi connectivity index (χ0) is 15.3. The SMILES string of the molecule is CCCNCC1(CN2CCC(C(C)(C)C)CC2)CCCC1. The fourth-order valence-corrected chi connectivity index (χ4v) is 4.48. The molecule has 2 rings (SSSR count). The van der Waals surface area contributed by atoms with Gasteiger partial charge in [-0.1, -0.05) is 40.5 Å². The predicted molar refractivity (Wildman–Crippen MR) is 92.7 cm³/mol. The molecule has 2 nitrogen and oxygen atoms in total. The van der Waals surface area contributed by atoms with Gasteiger partial charge in [0.2, 0.25) is 0 Å². The van der Waals surface area contributed by atoms with Gasteiger partial charge >= 0.3 is 0 Å². The van der Waals surface area contributed by atoms with Gasteiger partial charge in [-0.3, -0.25) is 0 Å². The summed E-state index contributed by atoms with van der Waals surface area (Å²) in [5.41, 5.74) is 1.09. The van der Waals surface area contributed by atoms with Crippen molar-refractivity contribution in [1.29, 1.82) is 0 Å². The first-order chi connectivity index (χ1) is 9.95. The third-order valence-electron chi connectivity index (χ3n) is 5.96. The van der Waals surface area contributed by atoms with E-state index in [1.165, 1.54) is 77.7 Å². The molecule has 1 N–H and O–H groups in total. The Morgan fingerprint density at radius 3 is 2.24 bits per heavy atom. The summed E-state index contributed by atoms with van der Waals surface area (Å²) in [7, 11) is 0. The van der Waals surface area contributed by atoms with Crippen LogP contribution in [0.25, 0.3) is 0 Å². The summed E-state index contributed by atoms with van der Waals surface area (Å²) >= 11 is 0. The van der Waals surface area contributed by atoms with Gasteiger partial charge in [0.1, 0.15) is 0 Å². The minimum absolute atomic E-state index is 0.500. The summed E-state index contributed by atoms with van der Waals surface area (Å²) in [5.74, 6) is 0.923. The largest absolute Gasteiger partial charge is 0.316 e. The fraction of sp³-hybridized carbons (Fsp3) is 1.00. The number of likely N-dealkylation sites (tertiary alicyclic amines) is 1. The second kappa shape index (κ2) is 7.46. The van der Waals surface area contributed by atoms with Crippen LogP contribution in [-0.4, -0.2) is 37.6 Å². The van der Waals surface area contributed by atoms with E-state index in [0.29, 0.717) is 10.8 Å². The van der Waals surface area contributed by atoms with E-state index < -0.39 is 0 Å². The van der Waals surface area contributed by atoms with E-state index in [2.05, 4.69) is 37.9 Å². The Labute approximate surface area is 133 Å². The first-order valence-corrected chi connectivity index (χ1v) is 9.38. The molecule has 124 valence electrons. The highest BCUT2D eigenvalue weighted by Crippen LogP contribution is 2.40. The van der Waals surface area contributed by atoms with Crippen molar-refractivity contribution in [3.8, 4) is 0 Å². The van der Waals surface area contributed by atoms with Gasteiger partial charge in [0, 0.05) is 13.1 Å². The topological polar surface area (TPSA) is 15.3 Å². The van der Waals surface area contributed by atoms with Crippen molar-refractivity contribution in [3.05, 3.63) is 0 Å². The highest BCUT2D eigenvalue weighted by Gasteiger charge is 2.37. The lowest BCUT2D eigenvalue weighted by Gasteiger charge is -2.42. The second-order valence-corrected chi connectivity index (χ2v) is 8.80. The summed E-state index contributed by atoms with van der Waals surface area (Å²) in [6.07, 6.45) is 9.86. The zero-order valence-corrected chi connectivity index (χ0v) is 15.0. The van der Waals surface area contributed by atoms with E-state index in [0.717, 1.165) is 5.92 Å². The smallest absolute Gasteiger partial charge is 0.00501 e. The quantitative estimate of drug-likeness (QED) is 0.735. The van der Waals surface area contributed by atoms with E-state index in [1.807, 2.05) is 0 Å². The molecule has 2 heteroatoms. The monoisotopic (exact) mass is 294 g/mol. The lowest BCUT2D eigenvalue weighted by molar-refractivity contribution is 0.0750. The molecule has 1 saturated carbocycles. The maximum Gasteiger partial charge on any atom is 0.00501 e. The van der Waals surface area contributed by atoms with Crippen LogP contribution in [0.2, 0.25) is 0 Å². The third kappa shape index (κ3) is 4.96. The molecule has 2 aliphatic rings. The summed E-state index contributed by atoms with van der Waals surface area (Å²) in [6.45, 7) is 16.0. The highest BCUT2D eigenvalue weighted by atomic mass is 15.1.